The molecule has 6 heteroatoms. The van der Waals surface area contributed by atoms with E-state index in [1.165, 1.54) is 0 Å². The third-order valence-corrected chi connectivity index (χ3v) is 4.16. The van der Waals surface area contributed by atoms with Crippen LogP contribution in [0.4, 0.5) is 13.2 Å². The normalized spacial score (nSPS) is 28.1. The number of hydrogen-bond acceptors (Lipinski definition) is 3. The first-order chi connectivity index (χ1) is 9.28. The van der Waals surface area contributed by atoms with Gasteiger partial charge in [0.15, 0.2) is 0 Å². The summed E-state index contributed by atoms with van der Waals surface area (Å²) in [6.45, 7) is 3.74. The SMILES string of the molecule is CC(C)C1CCC(CN)(OCCOCC(F)(F)F)CC1. The molecule has 0 heterocycles. The second-order valence-electron chi connectivity index (χ2n) is 5.98. The highest BCUT2D eigenvalue weighted by Crippen LogP contribution is 2.37. The highest BCUT2D eigenvalue weighted by atomic mass is 19.4. The van der Waals surface area contributed by atoms with E-state index < -0.39 is 12.8 Å². The average molecular weight is 297 g/mol. The Morgan fingerprint density at radius 2 is 1.80 bits per heavy atom. The summed E-state index contributed by atoms with van der Waals surface area (Å²) in [7, 11) is 0. The number of alkyl halides is 3. The first-order valence-corrected chi connectivity index (χ1v) is 7.26. The molecular weight excluding hydrogens is 271 g/mol. The topological polar surface area (TPSA) is 44.5 Å². The Morgan fingerprint density at radius 3 is 2.25 bits per heavy atom. The van der Waals surface area contributed by atoms with Crippen LogP contribution in [0.15, 0.2) is 0 Å². The van der Waals surface area contributed by atoms with Crippen molar-refractivity contribution in [3.05, 3.63) is 0 Å². The lowest BCUT2D eigenvalue weighted by Crippen LogP contribution is -2.45. The van der Waals surface area contributed by atoms with Gasteiger partial charge >= 0.3 is 6.18 Å². The molecule has 0 radical (unpaired) electrons. The lowest BCUT2D eigenvalue weighted by molar-refractivity contribution is -0.181. The largest absolute Gasteiger partial charge is 0.411 e. The van der Waals surface area contributed by atoms with Crippen molar-refractivity contribution in [3.63, 3.8) is 0 Å². The molecule has 0 bridgehead atoms. The van der Waals surface area contributed by atoms with E-state index in [-0.39, 0.29) is 18.8 Å². The zero-order chi connectivity index (χ0) is 15.2. The summed E-state index contributed by atoms with van der Waals surface area (Å²) in [5.74, 6) is 1.35. The van der Waals surface area contributed by atoms with Crippen molar-refractivity contribution >= 4 is 0 Å². The Kier molecular flexibility index (Phi) is 6.75. The fraction of sp³-hybridized carbons (Fsp3) is 1.00. The van der Waals surface area contributed by atoms with Crippen LogP contribution in [-0.4, -0.2) is 38.1 Å². The van der Waals surface area contributed by atoms with Crippen LogP contribution in [0, 0.1) is 11.8 Å². The minimum atomic E-state index is -4.28. The maximum absolute atomic E-state index is 11.9. The molecule has 0 aromatic rings. The third-order valence-electron chi connectivity index (χ3n) is 4.16. The fourth-order valence-electron chi connectivity index (χ4n) is 2.75. The lowest BCUT2D eigenvalue weighted by Gasteiger charge is -2.40. The van der Waals surface area contributed by atoms with Crippen molar-refractivity contribution in [2.45, 2.75) is 51.3 Å². The van der Waals surface area contributed by atoms with Gasteiger partial charge in [-0.15, -0.1) is 0 Å². The van der Waals surface area contributed by atoms with Crippen LogP contribution in [0.25, 0.3) is 0 Å². The Hall–Kier alpha value is -0.330. The molecule has 0 atom stereocenters. The number of ether oxygens (including phenoxy) is 2. The quantitative estimate of drug-likeness (QED) is 0.734. The zero-order valence-electron chi connectivity index (χ0n) is 12.3. The second kappa shape index (κ2) is 7.61. The average Bonchev–Trinajstić information content (AvgIpc) is 2.37. The summed E-state index contributed by atoms with van der Waals surface area (Å²) in [6.07, 6.45) is -0.380. The van der Waals surface area contributed by atoms with Crippen molar-refractivity contribution < 1.29 is 22.6 Å². The van der Waals surface area contributed by atoms with Crippen LogP contribution in [0.5, 0.6) is 0 Å². The molecule has 0 amide bonds. The van der Waals surface area contributed by atoms with Gasteiger partial charge in [-0.25, -0.2) is 0 Å². The number of rotatable bonds is 7. The van der Waals surface area contributed by atoms with Crippen LogP contribution >= 0.6 is 0 Å². The number of halogens is 3. The summed E-state index contributed by atoms with van der Waals surface area (Å²) < 4.78 is 46.0. The molecule has 1 aliphatic carbocycles. The first-order valence-electron chi connectivity index (χ1n) is 7.26. The van der Waals surface area contributed by atoms with Gasteiger partial charge in [-0.2, -0.15) is 13.2 Å². The summed E-state index contributed by atoms with van der Waals surface area (Å²) in [5, 5.41) is 0. The predicted molar refractivity (Wildman–Crippen MR) is 71.4 cm³/mol. The highest BCUT2D eigenvalue weighted by molar-refractivity contribution is 4.89. The zero-order valence-corrected chi connectivity index (χ0v) is 12.3. The van der Waals surface area contributed by atoms with E-state index in [0.29, 0.717) is 18.4 Å². The highest BCUT2D eigenvalue weighted by Gasteiger charge is 2.36. The van der Waals surface area contributed by atoms with E-state index in [9.17, 15) is 13.2 Å². The van der Waals surface area contributed by atoms with Gasteiger partial charge in [-0.1, -0.05) is 13.8 Å². The van der Waals surface area contributed by atoms with Crippen molar-refractivity contribution in [2.75, 3.05) is 26.4 Å². The summed E-state index contributed by atoms with van der Waals surface area (Å²) in [4.78, 5) is 0. The van der Waals surface area contributed by atoms with Gasteiger partial charge < -0.3 is 15.2 Å². The van der Waals surface area contributed by atoms with Gasteiger partial charge in [0.1, 0.15) is 6.61 Å². The van der Waals surface area contributed by atoms with Crippen molar-refractivity contribution in [1.82, 2.24) is 0 Å². The molecule has 0 aromatic carbocycles. The Bertz CT molecular complexity index is 274. The van der Waals surface area contributed by atoms with Gasteiger partial charge in [0.05, 0.1) is 18.8 Å². The van der Waals surface area contributed by atoms with Gasteiger partial charge in [-0.05, 0) is 37.5 Å². The molecule has 120 valence electrons. The minimum Gasteiger partial charge on any atom is -0.371 e. The van der Waals surface area contributed by atoms with E-state index >= 15 is 0 Å². The van der Waals surface area contributed by atoms with Crippen molar-refractivity contribution in [3.8, 4) is 0 Å². The van der Waals surface area contributed by atoms with E-state index in [4.69, 9.17) is 10.5 Å². The van der Waals surface area contributed by atoms with Gasteiger partial charge in [0.25, 0.3) is 0 Å². The smallest absolute Gasteiger partial charge is 0.371 e. The first kappa shape index (κ1) is 17.7. The molecule has 2 N–H and O–H groups in total. The maximum Gasteiger partial charge on any atom is 0.411 e. The molecule has 20 heavy (non-hydrogen) atoms. The molecule has 0 aliphatic heterocycles. The van der Waals surface area contributed by atoms with Gasteiger partial charge in [0, 0.05) is 6.54 Å². The van der Waals surface area contributed by atoms with Crippen LogP contribution in [0.2, 0.25) is 0 Å². The fourth-order valence-corrected chi connectivity index (χ4v) is 2.75. The number of nitrogens with two attached hydrogens (primary N) is 1. The van der Waals surface area contributed by atoms with E-state index in [1.807, 2.05) is 0 Å². The van der Waals surface area contributed by atoms with Gasteiger partial charge in [0.2, 0.25) is 0 Å². The lowest BCUT2D eigenvalue weighted by atomic mass is 9.74. The van der Waals surface area contributed by atoms with Gasteiger partial charge in [-0.3, -0.25) is 0 Å². The molecule has 0 spiro atoms. The van der Waals surface area contributed by atoms with Crippen molar-refractivity contribution in [2.24, 2.45) is 17.6 Å². The Balaban J connectivity index is 2.26. The van der Waals surface area contributed by atoms with E-state index in [0.717, 1.165) is 25.7 Å². The molecule has 1 fully saturated rings. The maximum atomic E-state index is 11.9. The minimum absolute atomic E-state index is 0.0468. The van der Waals surface area contributed by atoms with E-state index in [1.54, 1.807) is 0 Å². The van der Waals surface area contributed by atoms with Crippen LogP contribution < -0.4 is 5.73 Å². The summed E-state index contributed by atoms with van der Waals surface area (Å²) >= 11 is 0. The molecule has 3 nitrogen and oxygen atoms in total. The number of hydrogen-bond donors (Lipinski definition) is 1. The van der Waals surface area contributed by atoms with Crippen LogP contribution in [0.1, 0.15) is 39.5 Å². The molecular formula is C14H26F3NO2. The molecule has 1 aliphatic rings. The summed E-state index contributed by atoms with van der Waals surface area (Å²) in [5.41, 5.74) is 5.43. The van der Waals surface area contributed by atoms with Crippen LogP contribution in [0.3, 0.4) is 0 Å². The second-order valence-corrected chi connectivity index (χ2v) is 5.98. The third kappa shape index (κ3) is 5.97. The predicted octanol–water partition coefficient (Wildman–Crippen LogP) is 3.13. The van der Waals surface area contributed by atoms with E-state index in [2.05, 4.69) is 18.6 Å². The molecule has 0 saturated heterocycles. The standard InChI is InChI=1S/C14H26F3NO2/c1-11(2)12-3-5-13(9-18,6-4-12)20-8-7-19-10-14(15,16)17/h11-12H,3-10,18H2,1-2H3. The molecule has 1 rings (SSSR count). The molecule has 0 unspecified atom stereocenters. The van der Waals surface area contributed by atoms with Crippen LogP contribution in [-0.2, 0) is 9.47 Å². The molecule has 1 saturated carbocycles. The monoisotopic (exact) mass is 297 g/mol. The van der Waals surface area contributed by atoms with Crippen molar-refractivity contribution in [1.29, 1.82) is 0 Å². The summed E-state index contributed by atoms with van der Waals surface area (Å²) in [6, 6.07) is 0. The molecule has 0 aromatic heterocycles. The Labute approximate surface area is 119 Å². The Morgan fingerprint density at radius 1 is 1.20 bits per heavy atom.